The van der Waals surface area contributed by atoms with Crippen LogP contribution in [-0.2, 0) is 11.3 Å². The highest BCUT2D eigenvalue weighted by Crippen LogP contribution is 2.28. The van der Waals surface area contributed by atoms with Gasteiger partial charge in [-0.2, -0.15) is 0 Å². The summed E-state index contributed by atoms with van der Waals surface area (Å²) in [5.74, 6) is 0.811. The third kappa shape index (κ3) is 3.87. The van der Waals surface area contributed by atoms with E-state index >= 15 is 0 Å². The SMILES string of the molecule is CCNC(=O)C1CNCCN1Cc1c(Cl)cccc1OC. The van der Waals surface area contributed by atoms with E-state index in [1.165, 1.54) is 0 Å². The second-order valence-corrected chi connectivity index (χ2v) is 5.41. The highest BCUT2D eigenvalue weighted by Gasteiger charge is 2.29. The number of likely N-dealkylation sites (N-methyl/N-ethyl adjacent to an activating group) is 1. The molecule has 1 unspecified atom stereocenters. The van der Waals surface area contributed by atoms with Crippen LogP contribution in [0.1, 0.15) is 12.5 Å². The van der Waals surface area contributed by atoms with Crippen LogP contribution < -0.4 is 15.4 Å². The van der Waals surface area contributed by atoms with Crippen LogP contribution in [0.25, 0.3) is 0 Å². The summed E-state index contributed by atoms with van der Waals surface area (Å²) in [6.45, 7) is 5.48. The molecule has 1 atom stereocenters. The summed E-state index contributed by atoms with van der Waals surface area (Å²) in [5, 5.41) is 6.82. The summed E-state index contributed by atoms with van der Waals surface area (Å²) in [6.07, 6.45) is 0. The lowest BCUT2D eigenvalue weighted by Gasteiger charge is -2.35. The van der Waals surface area contributed by atoms with Gasteiger partial charge in [-0.05, 0) is 19.1 Å². The van der Waals surface area contributed by atoms with Crippen molar-refractivity contribution in [2.75, 3.05) is 33.3 Å². The quantitative estimate of drug-likeness (QED) is 0.859. The molecule has 6 heteroatoms. The average molecular weight is 312 g/mol. The van der Waals surface area contributed by atoms with Crippen molar-refractivity contribution in [3.05, 3.63) is 28.8 Å². The van der Waals surface area contributed by atoms with Crippen molar-refractivity contribution < 1.29 is 9.53 Å². The predicted molar refractivity (Wildman–Crippen MR) is 83.8 cm³/mol. The van der Waals surface area contributed by atoms with Gasteiger partial charge in [0.25, 0.3) is 0 Å². The van der Waals surface area contributed by atoms with Gasteiger partial charge in [-0.25, -0.2) is 0 Å². The molecule has 0 bridgehead atoms. The first-order chi connectivity index (χ1) is 10.2. The summed E-state index contributed by atoms with van der Waals surface area (Å²) < 4.78 is 5.38. The second kappa shape index (κ2) is 7.64. The number of amides is 1. The highest BCUT2D eigenvalue weighted by atomic mass is 35.5. The minimum Gasteiger partial charge on any atom is -0.496 e. The normalized spacial score (nSPS) is 19.3. The molecule has 0 saturated carbocycles. The molecule has 1 aliphatic rings. The van der Waals surface area contributed by atoms with Gasteiger partial charge in [0.15, 0.2) is 0 Å². The highest BCUT2D eigenvalue weighted by molar-refractivity contribution is 6.31. The van der Waals surface area contributed by atoms with E-state index in [1.54, 1.807) is 7.11 Å². The molecule has 1 amide bonds. The van der Waals surface area contributed by atoms with Crippen LogP contribution in [0.3, 0.4) is 0 Å². The van der Waals surface area contributed by atoms with E-state index in [4.69, 9.17) is 16.3 Å². The Morgan fingerprint density at radius 2 is 2.38 bits per heavy atom. The molecule has 2 N–H and O–H groups in total. The van der Waals surface area contributed by atoms with Gasteiger partial charge in [-0.1, -0.05) is 17.7 Å². The van der Waals surface area contributed by atoms with Crippen molar-refractivity contribution in [2.45, 2.75) is 19.5 Å². The number of carbonyl (C=O) groups is 1. The zero-order valence-electron chi connectivity index (χ0n) is 12.5. The van der Waals surface area contributed by atoms with Crippen LogP contribution in [0.15, 0.2) is 18.2 Å². The lowest BCUT2D eigenvalue weighted by molar-refractivity contribution is -0.127. The van der Waals surface area contributed by atoms with Crippen LogP contribution >= 0.6 is 11.6 Å². The predicted octanol–water partition coefficient (Wildman–Crippen LogP) is 1.26. The number of hydrogen-bond acceptors (Lipinski definition) is 4. The summed E-state index contributed by atoms with van der Waals surface area (Å²) in [4.78, 5) is 14.3. The smallest absolute Gasteiger partial charge is 0.238 e. The van der Waals surface area contributed by atoms with Gasteiger partial charge >= 0.3 is 0 Å². The second-order valence-electron chi connectivity index (χ2n) is 5.01. The Morgan fingerprint density at radius 1 is 1.57 bits per heavy atom. The first-order valence-corrected chi connectivity index (χ1v) is 7.59. The van der Waals surface area contributed by atoms with E-state index in [0.717, 1.165) is 24.4 Å². The van der Waals surface area contributed by atoms with E-state index in [2.05, 4.69) is 15.5 Å². The van der Waals surface area contributed by atoms with Crippen LogP contribution in [-0.4, -0.2) is 50.1 Å². The Morgan fingerprint density at radius 3 is 3.10 bits per heavy atom. The molecule has 0 radical (unpaired) electrons. The van der Waals surface area contributed by atoms with Crippen molar-refractivity contribution >= 4 is 17.5 Å². The molecule has 116 valence electrons. The standard InChI is InChI=1S/C15H22ClN3O2/c1-3-18-15(20)13-9-17-7-8-19(13)10-11-12(16)5-4-6-14(11)21-2/h4-6,13,17H,3,7-10H2,1-2H3,(H,18,20). The van der Waals surface area contributed by atoms with E-state index in [-0.39, 0.29) is 11.9 Å². The fraction of sp³-hybridized carbons (Fsp3) is 0.533. The van der Waals surface area contributed by atoms with Crippen molar-refractivity contribution in [3.63, 3.8) is 0 Å². The zero-order valence-corrected chi connectivity index (χ0v) is 13.2. The molecule has 2 rings (SSSR count). The van der Waals surface area contributed by atoms with Crippen molar-refractivity contribution in [2.24, 2.45) is 0 Å². The topological polar surface area (TPSA) is 53.6 Å². The number of nitrogens with one attached hydrogen (secondary N) is 2. The molecule has 1 heterocycles. The first-order valence-electron chi connectivity index (χ1n) is 7.21. The van der Waals surface area contributed by atoms with Gasteiger partial charge in [0.2, 0.25) is 5.91 Å². The Hall–Kier alpha value is -1.30. The molecule has 0 aromatic heterocycles. The number of methoxy groups -OCH3 is 1. The molecule has 21 heavy (non-hydrogen) atoms. The number of benzene rings is 1. The molecule has 0 spiro atoms. The monoisotopic (exact) mass is 311 g/mol. The zero-order chi connectivity index (χ0) is 15.2. The summed E-state index contributed by atoms with van der Waals surface area (Å²) in [6, 6.07) is 5.43. The summed E-state index contributed by atoms with van der Waals surface area (Å²) >= 11 is 6.29. The third-order valence-corrected chi connectivity index (χ3v) is 4.02. The van der Waals surface area contributed by atoms with Crippen LogP contribution in [0.4, 0.5) is 0 Å². The van der Waals surface area contributed by atoms with E-state index in [9.17, 15) is 4.79 Å². The Balaban J connectivity index is 2.18. The maximum absolute atomic E-state index is 12.2. The maximum atomic E-state index is 12.2. The lowest BCUT2D eigenvalue weighted by Crippen LogP contribution is -2.57. The molecule has 5 nitrogen and oxygen atoms in total. The lowest BCUT2D eigenvalue weighted by atomic mass is 10.1. The summed E-state index contributed by atoms with van der Waals surface area (Å²) in [5.41, 5.74) is 0.929. The molecular formula is C15H22ClN3O2. The van der Waals surface area contributed by atoms with Crippen molar-refractivity contribution in [1.82, 2.24) is 15.5 Å². The summed E-state index contributed by atoms with van der Waals surface area (Å²) in [7, 11) is 1.63. The molecule has 1 fully saturated rings. The van der Waals surface area contributed by atoms with Crippen molar-refractivity contribution in [1.29, 1.82) is 0 Å². The maximum Gasteiger partial charge on any atom is 0.238 e. The average Bonchev–Trinajstić information content (AvgIpc) is 2.50. The van der Waals surface area contributed by atoms with Gasteiger partial charge in [-0.15, -0.1) is 0 Å². The number of piperazine rings is 1. The Bertz CT molecular complexity index is 496. The molecule has 1 saturated heterocycles. The largest absolute Gasteiger partial charge is 0.496 e. The Labute approximate surface area is 130 Å². The van der Waals surface area contributed by atoms with Gasteiger partial charge in [0.05, 0.1) is 7.11 Å². The van der Waals surface area contributed by atoms with Crippen LogP contribution in [0, 0.1) is 0 Å². The first kappa shape index (κ1) is 16.1. The Kier molecular flexibility index (Phi) is 5.85. The van der Waals surface area contributed by atoms with E-state index in [1.807, 2.05) is 25.1 Å². The minimum atomic E-state index is -0.181. The van der Waals surface area contributed by atoms with Crippen LogP contribution in [0.5, 0.6) is 5.75 Å². The number of rotatable bonds is 5. The molecule has 1 aromatic carbocycles. The molecular weight excluding hydrogens is 290 g/mol. The molecule has 1 aromatic rings. The molecule has 1 aliphatic heterocycles. The third-order valence-electron chi connectivity index (χ3n) is 3.66. The van der Waals surface area contributed by atoms with Gasteiger partial charge in [-0.3, -0.25) is 9.69 Å². The van der Waals surface area contributed by atoms with Crippen LogP contribution in [0.2, 0.25) is 5.02 Å². The van der Waals surface area contributed by atoms with E-state index < -0.39 is 0 Å². The van der Waals surface area contributed by atoms with Gasteiger partial charge in [0, 0.05) is 43.3 Å². The van der Waals surface area contributed by atoms with Gasteiger partial charge < -0.3 is 15.4 Å². The number of ether oxygens (including phenoxy) is 1. The number of carbonyl (C=O) groups excluding carboxylic acids is 1. The minimum absolute atomic E-state index is 0.0516. The number of hydrogen-bond donors (Lipinski definition) is 2. The number of nitrogens with zero attached hydrogens (tertiary/aromatic N) is 1. The number of halogens is 1. The fourth-order valence-electron chi connectivity index (χ4n) is 2.57. The van der Waals surface area contributed by atoms with Gasteiger partial charge in [0.1, 0.15) is 11.8 Å². The fourth-order valence-corrected chi connectivity index (χ4v) is 2.80. The van der Waals surface area contributed by atoms with Crippen molar-refractivity contribution in [3.8, 4) is 5.75 Å². The van der Waals surface area contributed by atoms with E-state index in [0.29, 0.717) is 24.7 Å². The molecule has 0 aliphatic carbocycles.